The third-order valence-electron chi connectivity index (χ3n) is 4.53. The number of anilines is 2. The van der Waals surface area contributed by atoms with Crippen molar-refractivity contribution < 1.29 is 19.2 Å². The van der Waals surface area contributed by atoms with E-state index in [2.05, 4.69) is 10.6 Å². The zero-order chi connectivity index (χ0) is 23.7. The van der Waals surface area contributed by atoms with Crippen LogP contribution in [0.5, 0.6) is 5.75 Å². The van der Waals surface area contributed by atoms with Crippen molar-refractivity contribution in [3.63, 3.8) is 0 Å². The van der Waals surface area contributed by atoms with Crippen LogP contribution < -0.4 is 20.3 Å². The van der Waals surface area contributed by atoms with E-state index in [4.69, 9.17) is 4.74 Å². The summed E-state index contributed by atoms with van der Waals surface area (Å²) in [5.74, 6) is 0.641. The van der Waals surface area contributed by atoms with E-state index in [1.165, 1.54) is 24.3 Å². The van der Waals surface area contributed by atoms with Crippen LogP contribution in [0.4, 0.5) is 21.9 Å². The second-order valence-electron chi connectivity index (χ2n) is 8.52. The summed E-state index contributed by atoms with van der Waals surface area (Å²) in [5.41, 5.74) is 0.953. The summed E-state index contributed by atoms with van der Waals surface area (Å²) in [6.45, 7) is 6.80. The normalized spacial score (nSPS) is 10.9. The van der Waals surface area contributed by atoms with Gasteiger partial charge in [0.25, 0.3) is 5.69 Å². The van der Waals surface area contributed by atoms with Gasteiger partial charge in [-0.15, -0.1) is 0 Å². The van der Waals surface area contributed by atoms with Crippen molar-refractivity contribution in [2.75, 3.05) is 30.4 Å². The molecule has 32 heavy (non-hydrogen) atoms. The van der Waals surface area contributed by atoms with Crippen molar-refractivity contribution in [3.05, 3.63) is 58.6 Å². The highest BCUT2D eigenvalue weighted by atomic mass is 16.6. The third kappa shape index (κ3) is 7.90. The van der Waals surface area contributed by atoms with Gasteiger partial charge in [0.05, 0.1) is 12.0 Å². The lowest BCUT2D eigenvalue weighted by molar-refractivity contribution is -0.384. The maximum Gasteiger partial charge on any atom is 0.326 e. The van der Waals surface area contributed by atoms with Gasteiger partial charge in [-0.3, -0.25) is 19.8 Å². The molecule has 0 radical (unpaired) electrons. The number of hydrogen-bond donors (Lipinski definition) is 2. The van der Waals surface area contributed by atoms with Crippen LogP contribution in [-0.2, 0) is 4.79 Å². The molecule has 0 heterocycles. The number of rotatable bonds is 9. The first-order valence-electron chi connectivity index (χ1n) is 10.3. The van der Waals surface area contributed by atoms with Crippen LogP contribution in [0.1, 0.15) is 33.6 Å². The van der Waals surface area contributed by atoms with E-state index in [1.54, 1.807) is 36.3 Å². The quantitative estimate of drug-likeness (QED) is 0.335. The fraction of sp³-hybridized carbons (Fsp3) is 0.391. The Hall–Kier alpha value is -3.62. The first-order valence-corrected chi connectivity index (χ1v) is 10.3. The molecule has 9 heteroatoms. The van der Waals surface area contributed by atoms with Gasteiger partial charge in [-0.05, 0) is 48.2 Å². The summed E-state index contributed by atoms with van der Waals surface area (Å²) >= 11 is 0. The Morgan fingerprint density at radius 1 is 1.06 bits per heavy atom. The van der Waals surface area contributed by atoms with Crippen LogP contribution in [0, 0.1) is 15.5 Å². The molecule has 0 bridgehead atoms. The molecule has 172 valence electrons. The zero-order valence-corrected chi connectivity index (χ0v) is 18.9. The minimum atomic E-state index is -0.497. The molecule has 0 spiro atoms. The monoisotopic (exact) mass is 442 g/mol. The average molecular weight is 443 g/mol. The molecule has 2 rings (SSSR count). The molecule has 0 atom stereocenters. The van der Waals surface area contributed by atoms with Gasteiger partial charge in [-0.1, -0.05) is 20.8 Å². The number of non-ortho nitro benzene ring substituents is 1. The van der Waals surface area contributed by atoms with Crippen molar-refractivity contribution in [1.29, 1.82) is 0 Å². The van der Waals surface area contributed by atoms with E-state index in [0.29, 0.717) is 43.1 Å². The Morgan fingerprint density at radius 2 is 1.69 bits per heavy atom. The second-order valence-corrected chi connectivity index (χ2v) is 8.52. The number of carbonyl (C=O) groups is 2. The molecule has 0 aromatic heterocycles. The van der Waals surface area contributed by atoms with Gasteiger partial charge in [-0.2, -0.15) is 0 Å². The van der Waals surface area contributed by atoms with Gasteiger partial charge < -0.3 is 15.4 Å². The minimum absolute atomic E-state index is 0.0242. The number of amides is 3. The smallest absolute Gasteiger partial charge is 0.326 e. The SMILES string of the molecule is COc1ccc(N(CCCNC(=O)CC(C)(C)C)C(=O)Nc2ccc([N+](=O)[O-])cc2)cc1. The molecule has 0 unspecified atom stereocenters. The van der Waals surface area contributed by atoms with Crippen LogP contribution in [0.25, 0.3) is 0 Å². The minimum Gasteiger partial charge on any atom is -0.497 e. The van der Waals surface area contributed by atoms with Gasteiger partial charge in [0, 0.05) is 43.0 Å². The van der Waals surface area contributed by atoms with E-state index in [9.17, 15) is 19.7 Å². The number of carbonyl (C=O) groups excluding carboxylic acids is 2. The number of nitrogens with zero attached hydrogens (tertiary/aromatic N) is 2. The van der Waals surface area contributed by atoms with Crippen molar-refractivity contribution in [2.45, 2.75) is 33.6 Å². The van der Waals surface area contributed by atoms with Crippen LogP contribution in [0.3, 0.4) is 0 Å². The molecule has 3 amide bonds. The first-order chi connectivity index (χ1) is 15.1. The number of ether oxygens (including phenoxy) is 1. The topological polar surface area (TPSA) is 114 Å². The zero-order valence-electron chi connectivity index (χ0n) is 18.9. The predicted molar refractivity (Wildman–Crippen MR) is 124 cm³/mol. The van der Waals surface area contributed by atoms with Crippen molar-refractivity contribution in [1.82, 2.24) is 5.32 Å². The van der Waals surface area contributed by atoms with Crippen molar-refractivity contribution in [2.24, 2.45) is 5.41 Å². The second kappa shape index (κ2) is 11.1. The number of nitro groups is 1. The van der Waals surface area contributed by atoms with Crippen LogP contribution in [0.15, 0.2) is 48.5 Å². The molecule has 0 aliphatic carbocycles. The van der Waals surface area contributed by atoms with E-state index < -0.39 is 4.92 Å². The first kappa shape index (κ1) is 24.6. The summed E-state index contributed by atoms with van der Waals surface area (Å²) in [5, 5.41) is 16.5. The highest BCUT2D eigenvalue weighted by Gasteiger charge is 2.18. The van der Waals surface area contributed by atoms with Gasteiger partial charge >= 0.3 is 6.03 Å². The molecular formula is C23H30N4O5. The lowest BCUT2D eigenvalue weighted by atomic mass is 9.92. The maximum absolute atomic E-state index is 13.0. The Labute approximate surface area is 187 Å². The lowest BCUT2D eigenvalue weighted by Crippen LogP contribution is -2.37. The highest BCUT2D eigenvalue weighted by Crippen LogP contribution is 2.22. The molecule has 0 saturated heterocycles. The highest BCUT2D eigenvalue weighted by molar-refractivity contribution is 6.01. The van der Waals surface area contributed by atoms with Crippen LogP contribution >= 0.6 is 0 Å². The Balaban J connectivity index is 2.05. The number of nitro benzene ring substituents is 1. The largest absolute Gasteiger partial charge is 0.497 e. The fourth-order valence-corrected chi connectivity index (χ4v) is 2.98. The number of urea groups is 1. The standard InChI is InChI=1S/C23H30N4O5/c1-23(2,3)16-21(28)24-14-5-15-26(18-10-12-20(32-4)13-11-18)22(29)25-17-6-8-19(9-7-17)27(30)31/h6-13H,5,14-16H2,1-4H3,(H,24,28)(H,25,29). The number of nitrogens with one attached hydrogen (secondary N) is 2. The molecule has 2 N–H and O–H groups in total. The van der Waals surface area contributed by atoms with Crippen molar-refractivity contribution in [3.8, 4) is 5.75 Å². The van der Waals surface area contributed by atoms with Gasteiger partial charge in [0.1, 0.15) is 5.75 Å². The van der Waals surface area contributed by atoms with E-state index in [-0.39, 0.29) is 23.0 Å². The number of hydrogen-bond acceptors (Lipinski definition) is 5. The molecule has 2 aromatic rings. The molecular weight excluding hydrogens is 412 g/mol. The van der Waals surface area contributed by atoms with Crippen LogP contribution in [-0.4, -0.2) is 37.1 Å². The fourth-order valence-electron chi connectivity index (χ4n) is 2.98. The average Bonchev–Trinajstić information content (AvgIpc) is 2.73. The Bertz CT molecular complexity index is 921. The summed E-state index contributed by atoms with van der Waals surface area (Å²) in [6.07, 6.45) is 0.978. The summed E-state index contributed by atoms with van der Waals surface area (Å²) in [6, 6.07) is 12.3. The van der Waals surface area contributed by atoms with E-state index in [0.717, 1.165) is 0 Å². The van der Waals surface area contributed by atoms with Gasteiger partial charge in [-0.25, -0.2) is 4.79 Å². The van der Waals surface area contributed by atoms with Gasteiger partial charge in [0.2, 0.25) is 5.91 Å². The third-order valence-corrected chi connectivity index (χ3v) is 4.53. The Morgan fingerprint density at radius 3 is 2.22 bits per heavy atom. The molecule has 0 saturated carbocycles. The molecule has 0 aliphatic heterocycles. The maximum atomic E-state index is 13.0. The van der Waals surface area contributed by atoms with E-state index >= 15 is 0 Å². The number of benzene rings is 2. The predicted octanol–water partition coefficient (Wildman–Crippen LogP) is 4.58. The van der Waals surface area contributed by atoms with E-state index in [1.807, 2.05) is 20.8 Å². The lowest BCUT2D eigenvalue weighted by Gasteiger charge is -2.24. The molecule has 0 fully saturated rings. The van der Waals surface area contributed by atoms with Gasteiger partial charge in [0.15, 0.2) is 0 Å². The Kier molecular flexibility index (Phi) is 8.57. The number of methoxy groups -OCH3 is 1. The molecule has 2 aromatic carbocycles. The summed E-state index contributed by atoms with van der Waals surface area (Å²) in [4.78, 5) is 36.9. The molecule has 9 nitrogen and oxygen atoms in total. The van der Waals surface area contributed by atoms with Crippen molar-refractivity contribution >= 4 is 29.0 Å². The van der Waals surface area contributed by atoms with Crippen LogP contribution in [0.2, 0.25) is 0 Å². The molecule has 0 aliphatic rings. The summed E-state index contributed by atoms with van der Waals surface area (Å²) < 4.78 is 5.18. The summed E-state index contributed by atoms with van der Waals surface area (Å²) in [7, 11) is 1.56.